The van der Waals surface area contributed by atoms with Gasteiger partial charge in [0, 0.05) is 44.7 Å². The summed E-state index contributed by atoms with van der Waals surface area (Å²) < 4.78 is 31.2. The first-order chi connectivity index (χ1) is 18.4. The molecule has 2 aromatic carbocycles. The number of amides is 2. The van der Waals surface area contributed by atoms with E-state index in [1.54, 1.807) is 19.2 Å². The molecule has 1 atom stereocenters. The van der Waals surface area contributed by atoms with Gasteiger partial charge in [0.05, 0.1) is 38.1 Å². The highest BCUT2D eigenvalue weighted by Crippen LogP contribution is 2.29. The van der Waals surface area contributed by atoms with Crippen molar-refractivity contribution in [2.45, 2.75) is 19.6 Å². The van der Waals surface area contributed by atoms with Crippen LogP contribution in [-0.2, 0) is 16.1 Å². The monoisotopic (exact) mass is 523 g/mol. The van der Waals surface area contributed by atoms with Crippen LogP contribution in [0.15, 0.2) is 53.1 Å². The van der Waals surface area contributed by atoms with Crippen LogP contribution in [0.2, 0.25) is 0 Å². The first-order valence-electron chi connectivity index (χ1n) is 12.5. The van der Waals surface area contributed by atoms with Gasteiger partial charge in [0.1, 0.15) is 23.4 Å². The first-order valence-corrected chi connectivity index (χ1v) is 12.5. The molecule has 0 saturated carbocycles. The molecule has 11 heteroatoms. The van der Waals surface area contributed by atoms with Gasteiger partial charge in [-0.1, -0.05) is 17.3 Å². The smallest absolute Gasteiger partial charge is 0.414 e. The van der Waals surface area contributed by atoms with Gasteiger partial charge in [-0.2, -0.15) is 0 Å². The molecular formula is C27H30FN5O5. The lowest BCUT2D eigenvalue weighted by Gasteiger charge is -2.35. The van der Waals surface area contributed by atoms with E-state index in [0.717, 1.165) is 35.9 Å². The maximum Gasteiger partial charge on any atom is 0.414 e. The van der Waals surface area contributed by atoms with E-state index >= 15 is 4.39 Å². The molecule has 5 rings (SSSR count). The number of hydrogen-bond donors (Lipinski definition) is 1. The summed E-state index contributed by atoms with van der Waals surface area (Å²) in [5.74, 6) is 0.928. The standard InChI is InChI=1S/C27H30FN5O5/c1-18(34)29-15-23-17-33(27(35)37-23)20-6-7-26(24(28)13-20)32-10-8-31(9-11-32)16-22-14-25(30-38-22)19-4-3-5-21(12-19)36-2/h3-7,12-14,23H,8-11,15-17H2,1-2H3,(H,29,34)/t23-/m0/s1. The third-order valence-corrected chi connectivity index (χ3v) is 6.71. The maximum absolute atomic E-state index is 15.1. The topological polar surface area (TPSA) is 100 Å². The number of halogens is 1. The zero-order valence-corrected chi connectivity index (χ0v) is 21.4. The average molecular weight is 524 g/mol. The third kappa shape index (κ3) is 5.72. The number of hydrogen-bond acceptors (Lipinski definition) is 8. The van der Waals surface area contributed by atoms with Crippen LogP contribution in [0.25, 0.3) is 11.3 Å². The molecule has 2 amide bonds. The Balaban J connectivity index is 1.16. The summed E-state index contributed by atoms with van der Waals surface area (Å²) in [4.78, 5) is 29.0. The number of cyclic esters (lactones) is 1. The van der Waals surface area contributed by atoms with Gasteiger partial charge in [-0.15, -0.1) is 0 Å². The minimum atomic E-state index is -0.553. The van der Waals surface area contributed by atoms with Crippen LogP contribution in [0.1, 0.15) is 12.7 Å². The van der Waals surface area contributed by atoms with E-state index in [9.17, 15) is 9.59 Å². The highest BCUT2D eigenvalue weighted by molar-refractivity contribution is 5.90. The summed E-state index contributed by atoms with van der Waals surface area (Å²) in [5, 5.41) is 6.83. The van der Waals surface area contributed by atoms with Crippen molar-refractivity contribution in [2.75, 3.05) is 56.2 Å². The molecule has 10 nitrogen and oxygen atoms in total. The van der Waals surface area contributed by atoms with E-state index in [-0.39, 0.29) is 19.0 Å². The number of carbonyl (C=O) groups excluding carboxylic acids is 2. The summed E-state index contributed by atoms with van der Waals surface area (Å²) in [6.45, 7) is 5.25. The van der Waals surface area contributed by atoms with Gasteiger partial charge < -0.3 is 24.2 Å². The largest absolute Gasteiger partial charge is 0.497 e. The Labute approximate surface area is 219 Å². The molecule has 38 heavy (non-hydrogen) atoms. The fourth-order valence-electron chi connectivity index (χ4n) is 4.69. The fraction of sp³-hybridized carbons (Fsp3) is 0.370. The molecule has 1 aromatic heterocycles. The summed E-state index contributed by atoms with van der Waals surface area (Å²) >= 11 is 0. The van der Waals surface area contributed by atoms with Crippen LogP contribution in [-0.4, -0.2) is 74.5 Å². The van der Waals surface area contributed by atoms with Crippen molar-refractivity contribution in [3.8, 4) is 17.0 Å². The van der Waals surface area contributed by atoms with Crippen molar-refractivity contribution in [1.82, 2.24) is 15.4 Å². The van der Waals surface area contributed by atoms with Crippen LogP contribution >= 0.6 is 0 Å². The van der Waals surface area contributed by atoms with E-state index in [0.29, 0.717) is 31.0 Å². The van der Waals surface area contributed by atoms with Crippen molar-refractivity contribution in [3.63, 3.8) is 0 Å². The zero-order chi connectivity index (χ0) is 26.6. The van der Waals surface area contributed by atoms with Gasteiger partial charge in [-0.25, -0.2) is 9.18 Å². The summed E-state index contributed by atoms with van der Waals surface area (Å²) in [6, 6.07) is 14.4. The van der Waals surface area contributed by atoms with Crippen molar-refractivity contribution in [2.24, 2.45) is 0 Å². The quantitative estimate of drug-likeness (QED) is 0.480. The number of piperazine rings is 1. The second kappa shape index (κ2) is 11.1. The maximum atomic E-state index is 15.1. The number of carbonyl (C=O) groups is 2. The molecule has 2 saturated heterocycles. The average Bonchev–Trinajstić information content (AvgIpc) is 3.54. The molecule has 2 fully saturated rings. The molecule has 2 aliphatic heterocycles. The predicted molar refractivity (Wildman–Crippen MR) is 139 cm³/mol. The van der Waals surface area contributed by atoms with Crippen LogP contribution in [0.3, 0.4) is 0 Å². The van der Waals surface area contributed by atoms with Crippen LogP contribution < -0.4 is 19.9 Å². The van der Waals surface area contributed by atoms with E-state index in [1.165, 1.54) is 17.9 Å². The third-order valence-electron chi connectivity index (χ3n) is 6.71. The Morgan fingerprint density at radius 2 is 1.97 bits per heavy atom. The van der Waals surface area contributed by atoms with E-state index in [2.05, 4.69) is 15.4 Å². The van der Waals surface area contributed by atoms with Crippen molar-refractivity contribution in [1.29, 1.82) is 0 Å². The molecular weight excluding hydrogens is 493 g/mol. The summed E-state index contributed by atoms with van der Waals surface area (Å²) in [7, 11) is 1.63. The van der Waals surface area contributed by atoms with Crippen molar-refractivity contribution >= 4 is 23.4 Å². The Bertz CT molecular complexity index is 1310. The van der Waals surface area contributed by atoms with Gasteiger partial charge in [-0.05, 0) is 30.3 Å². The number of nitrogens with one attached hydrogen (secondary N) is 1. The molecule has 0 radical (unpaired) electrons. The minimum Gasteiger partial charge on any atom is -0.497 e. The number of nitrogens with zero attached hydrogens (tertiary/aromatic N) is 4. The van der Waals surface area contributed by atoms with Crippen molar-refractivity contribution in [3.05, 3.63) is 60.1 Å². The molecule has 0 bridgehead atoms. The van der Waals surface area contributed by atoms with Gasteiger partial charge in [0.15, 0.2) is 5.76 Å². The molecule has 1 N–H and O–H groups in total. The highest BCUT2D eigenvalue weighted by atomic mass is 19.1. The second-order valence-electron chi connectivity index (χ2n) is 9.36. The highest BCUT2D eigenvalue weighted by Gasteiger charge is 2.33. The second-order valence-corrected chi connectivity index (χ2v) is 9.36. The molecule has 200 valence electrons. The number of anilines is 2. The Kier molecular flexibility index (Phi) is 7.45. The van der Waals surface area contributed by atoms with Crippen LogP contribution in [0, 0.1) is 5.82 Å². The number of rotatable bonds is 8. The molecule has 2 aliphatic rings. The van der Waals surface area contributed by atoms with Crippen LogP contribution in [0.5, 0.6) is 5.75 Å². The lowest BCUT2D eigenvalue weighted by molar-refractivity contribution is -0.119. The molecule has 0 aliphatic carbocycles. The molecule has 0 spiro atoms. The number of aromatic nitrogens is 1. The fourth-order valence-corrected chi connectivity index (χ4v) is 4.69. The Morgan fingerprint density at radius 1 is 1.16 bits per heavy atom. The zero-order valence-electron chi connectivity index (χ0n) is 21.4. The normalized spacial score (nSPS) is 18.0. The van der Waals surface area contributed by atoms with Crippen molar-refractivity contribution < 1.29 is 28.0 Å². The summed E-state index contributed by atoms with van der Waals surface area (Å²) in [6.07, 6.45) is -1.03. The van der Waals surface area contributed by atoms with Gasteiger partial charge in [-0.3, -0.25) is 14.6 Å². The molecule has 3 heterocycles. The van der Waals surface area contributed by atoms with Gasteiger partial charge in [0.2, 0.25) is 5.91 Å². The number of methoxy groups -OCH3 is 1. The van der Waals surface area contributed by atoms with E-state index in [1.807, 2.05) is 35.2 Å². The van der Waals surface area contributed by atoms with Gasteiger partial charge in [0.25, 0.3) is 0 Å². The number of benzene rings is 2. The lowest BCUT2D eigenvalue weighted by Crippen LogP contribution is -2.46. The van der Waals surface area contributed by atoms with E-state index in [4.69, 9.17) is 14.0 Å². The minimum absolute atomic E-state index is 0.200. The van der Waals surface area contributed by atoms with Crippen LogP contribution in [0.4, 0.5) is 20.6 Å². The Morgan fingerprint density at radius 3 is 2.71 bits per heavy atom. The summed E-state index contributed by atoms with van der Waals surface area (Å²) in [5.41, 5.74) is 2.60. The molecule has 3 aromatic rings. The lowest BCUT2D eigenvalue weighted by atomic mass is 10.1. The predicted octanol–water partition coefficient (Wildman–Crippen LogP) is 3.27. The first kappa shape index (κ1) is 25.5. The van der Waals surface area contributed by atoms with Gasteiger partial charge >= 0.3 is 6.09 Å². The number of ether oxygens (including phenoxy) is 2. The molecule has 0 unspecified atom stereocenters. The Hall–Kier alpha value is -4.12. The SMILES string of the molecule is COc1cccc(-c2cc(CN3CCN(c4ccc(N5C[C@H](CNC(C)=O)OC5=O)cc4F)CC3)on2)c1. The van der Waals surface area contributed by atoms with E-state index < -0.39 is 18.0 Å².